The highest BCUT2D eigenvalue weighted by atomic mass is 15.0. The van der Waals surface area contributed by atoms with E-state index in [-0.39, 0.29) is 0 Å². The molecule has 2 heterocycles. The highest BCUT2D eigenvalue weighted by Gasteiger charge is 2.04. The fourth-order valence-electron chi connectivity index (χ4n) is 1.49. The fourth-order valence-corrected chi connectivity index (χ4v) is 1.49. The van der Waals surface area contributed by atoms with Crippen LogP contribution in [0.15, 0.2) is 23.3 Å². The van der Waals surface area contributed by atoms with Crippen LogP contribution < -0.4 is 5.32 Å². The summed E-state index contributed by atoms with van der Waals surface area (Å²) in [5, 5.41) is 3.33. The molecular weight excluding hydrogens is 174 g/mol. The van der Waals surface area contributed by atoms with E-state index in [0.717, 1.165) is 31.0 Å². The Bertz CT molecular complexity index is 327. The number of aliphatic imine (C=N–C) groups is 1. The first-order valence-corrected chi connectivity index (χ1v) is 5.03. The Morgan fingerprint density at radius 2 is 2.36 bits per heavy atom. The molecule has 0 spiro atoms. The van der Waals surface area contributed by atoms with Crippen LogP contribution in [0, 0.1) is 6.92 Å². The fraction of sp³-hybridized carbons (Fsp3) is 0.455. The zero-order valence-electron chi connectivity index (χ0n) is 8.45. The molecule has 1 aromatic heterocycles. The number of aromatic nitrogens is 1. The highest BCUT2D eigenvalue weighted by molar-refractivity contribution is 5.83. The van der Waals surface area contributed by atoms with E-state index in [2.05, 4.69) is 21.4 Å². The number of pyridine rings is 1. The van der Waals surface area contributed by atoms with Gasteiger partial charge in [-0.3, -0.25) is 9.98 Å². The van der Waals surface area contributed by atoms with Gasteiger partial charge < -0.3 is 5.32 Å². The zero-order chi connectivity index (χ0) is 9.80. The van der Waals surface area contributed by atoms with Crippen molar-refractivity contribution in [2.45, 2.75) is 26.3 Å². The molecule has 0 aliphatic carbocycles. The summed E-state index contributed by atoms with van der Waals surface area (Å²) in [4.78, 5) is 8.60. The Morgan fingerprint density at radius 1 is 1.43 bits per heavy atom. The van der Waals surface area contributed by atoms with Gasteiger partial charge in [-0.05, 0) is 25.0 Å². The minimum Gasteiger partial charge on any atom is -0.370 e. The molecule has 1 N–H and O–H groups in total. The van der Waals surface area contributed by atoms with Crippen LogP contribution in [0.1, 0.15) is 24.1 Å². The van der Waals surface area contributed by atoms with Crippen LogP contribution >= 0.6 is 0 Å². The minimum absolute atomic E-state index is 0.839. The predicted octanol–water partition coefficient (Wildman–Crippen LogP) is 1.67. The lowest BCUT2D eigenvalue weighted by molar-refractivity contribution is 0.880. The number of nitrogens with zero attached hydrogens (tertiary/aromatic N) is 2. The Balaban J connectivity index is 1.88. The number of nitrogens with one attached hydrogen (secondary N) is 1. The molecule has 0 aromatic carbocycles. The van der Waals surface area contributed by atoms with Crippen molar-refractivity contribution < 1.29 is 0 Å². The third kappa shape index (κ3) is 2.31. The van der Waals surface area contributed by atoms with Crippen molar-refractivity contribution in [2.24, 2.45) is 4.99 Å². The van der Waals surface area contributed by atoms with Crippen molar-refractivity contribution >= 4 is 5.84 Å². The van der Waals surface area contributed by atoms with Gasteiger partial charge in [-0.1, -0.05) is 6.07 Å². The lowest BCUT2D eigenvalue weighted by Crippen LogP contribution is -2.20. The van der Waals surface area contributed by atoms with Gasteiger partial charge in [0, 0.05) is 31.4 Å². The van der Waals surface area contributed by atoms with Gasteiger partial charge in [0.1, 0.15) is 0 Å². The average molecular weight is 189 g/mol. The van der Waals surface area contributed by atoms with E-state index < -0.39 is 0 Å². The second-order valence-corrected chi connectivity index (χ2v) is 3.59. The Morgan fingerprint density at radius 3 is 3.00 bits per heavy atom. The maximum absolute atomic E-state index is 4.35. The van der Waals surface area contributed by atoms with Crippen LogP contribution in [0.2, 0.25) is 0 Å². The van der Waals surface area contributed by atoms with Gasteiger partial charge in [0.2, 0.25) is 0 Å². The van der Waals surface area contributed by atoms with Crippen LogP contribution in [0.25, 0.3) is 0 Å². The van der Waals surface area contributed by atoms with E-state index in [1.807, 2.05) is 19.2 Å². The van der Waals surface area contributed by atoms with Crippen molar-refractivity contribution in [3.8, 4) is 0 Å². The molecule has 0 unspecified atom stereocenters. The zero-order valence-corrected chi connectivity index (χ0v) is 8.45. The standard InChI is InChI=1S/C11H15N3/c1-9-4-5-10(7-13-9)8-14-11-3-2-6-12-11/h4-5,7H,2-3,6,8H2,1H3,(H,12,14). The Kier molecular flexibility index (Phi) is 2.77. The second kappa shape index (κ2) is 4.22. The number of hydrogen-bond acceptors (Lipinski definition) is 3. The van der Waals surface area contributed by atoms with Gasteiger partial charge >= 0.3 is 0 Å². The molecule has 14 heavy (non-hydrogen) atoms. The average Bonchev–Trinajstić information content (AvgIpc) is 2.70. The molecule has 0 atom stereocenters. The quantitative estimate of drug-likeness (QED) is 0.768. The highest BCUT2D eigenvalue weighted by Crippen LogP contribution is 2.03. The SMILES string of the molecule is Cc1ccc(CNC2=NCCC2)cn1. The second-order valence-electron chi connectivity index (χ2n) is 3.59. The number of rotatable bonds is 2. The van der Waals surface area contributed by atoms with Gasteiger partial charge in [-0.2, -0.15) is 0 Å². The van der Waals surface area contributed by atoms with Crippen molar-refractivity contribution in [2.75, 3.05) is 6.54 Å². The van der Waals surface area contributed by atoms with E-state index in [0.29, 0.717) is 0 Å². The van der Waals surface area contributed by atoms with Crippen molar-refractivity contribution in [3.05, 3.63) is 29.6 Å². The van der Waals surface area contributed by atoms with Gasteiger partial charge in [0.15, 0.2) is 0 Å². The maximum Gasteiger partial charge on any atom is 0.0966 e. The third-order valence-electron chi connectivity index (χ3n) is 2.34. The summed E-state index contributed by atoms with van der Waals surface area (Å²) < 4.78 is 0. The molecule has 1 aromatic rings. The molecule has 0 radical (unpaired) electrons. The molecule has 0 bridgehead atoms. The van der Waals surface area contributed by atoms with E-state index >= 15 is 0 Å². The van der Waals surface area contributed by atoms with Crippen LogP contribution in [0.4, 0.5) is 0 Å². The summed E-state index contributed by atoms with van der Waals surface area (Å²) in [5.74, 6) is 1.14. The van der Waals surface area contributed by atoms with Crippen LogP contribution in [0.3, 0.4) is 0 Å². The van der Waals surface area contributed by atoms with E-state index in [1.165, 1.54) is 12.0 Å². The van der Waals surface area contributed by atoms with E-state index in [1.54, 1.807) is 0 Å². The summed E-state index contributed by atoms with van der Waals surface area (Å²) in [5.41, 5.74) is 2.28. The van der Waals surface area contributed by atoms with E-state index in [4.69, 9.17) is 0 Å². The summed E-state index contributed by atoms with van der Waals surface area (Å²) in [6, 6.07) is 4.14. The van der Waals surface area contributed by atoms with Gasteiger partial charge in [-0.25, -0.2) is 0 Å². The molecule has 1 aliphatic heterocycles. The van der Waals surface area contributed by atoms with Gasteiger partial charge in [-0.15, -0.1) is 0 Å². The minimum atomic E-state index is 0.839. The first-order valence-electron chi connectivity index (χ1n) is 5.03. The lowest BCUT2D eigenvalue weighted by Gasteiger charge is -2.05. The molecule has 74 valence electrons. The number of aryl methyl sites for hydroxylation is 1. The van der Waals surface area contributed by atoms with Gasteiger partial charge in [0.25, 0.3) is 0 Å². The summed E-state index contributed by atoms with van der Waals surface area (Å²) in [6.07, 6.45) is 4.20. The number of hydrogen-bond donors (Lipinski definition) is 1. The summed E-state index contributed by atoms with van der Waals surface area (Å²) in [7, 11) is 0. The van der Waals surface area contributed by atoms with Crippen molar-refractivity contribution in [1.82, 2.24) is 10.3 Å². The van der Waals surface area contributed by atoms with Crippen molar-refractivity contribution in [3.63, 3.8) is 0 Å². The summed E-state index contributed by atoms with van der Waals surface area (Å²) >= 11 is 0. The Labute approximate surface area is 84.3 Å². The molecule has 0 fully saturated rings. The summed E-state index contributed by atoms with van der Waals surface area (Å²) in [6.45, 7) is 3.82. The van der Waals surface area contributed by atoms with Crippen LogP contribution in [0.5, 0.6) is 0 Å². The first-order chi connectivity index (χ1) is 6.84. The predicted molar refractivity (Wildman–Crippen MR) is 57.3 cm³/mol. The molecule has 1 aliphatic rings. The molecular formula is C11H15N3. The largest absolute Gasteiger partial charge is 0.370 e. The van der Waals surface area contributed by atoms with Crippen molar-refractivity contribution in [1.29, 1.82) is 0 Å². The monoisotopic (exact) mass is 189 g/mol. The molecule has 3 heteroatoms. The molecule has 0 amide bonds. The van der Waals surface area contributed by atoms with Crippen LogP contribution in [-0.2, 0) is 6.54 Å². The third-order valence-corrected chi connectivity index (χ3v) is 2.34. The van der Waals surface area contributed by atoms with E-state index in [9.17, 15) is 0 Å². The lowest BCUT2D eigenvalue weighted by atomic mass is 10.2. The molecule has 0 saturated carbocycles. The first kappa shape index (κ1) is 9.19. The molecule has 3 nitrogen and oxygen atoms in total. The molecule has 0 saturated heterocycles. The van der Waals surface area contributed by atoms with Gasteiger partial charge in [0.05, 0.1) is 5.84 Å². The smallest absolute Gasteiger partial charge is 0.0966 e. The number of amidine groups is 1. The van der Waals surface area contributed by atoms with Crippen LogP contribution in [-0.4, -0.2) is 17.4 Å². The topological polar surface area (TPSA) is 37.3 Å². The maximum atomic E-state index is 4.35. The Hall–Kier alpha value is -1.38. The normalized spacial score (nSPS) is 15.4. The molecule has 2 rings (SSSR count).